The zero-order valence-electron chi connectivity index (χ0n) is 27.6. The number of aryl methyl sites for hydroxylation is 1. The maximum absolute atomic E-state index is 14.1. The Morgan fingerprint density at radius 2 is 1.67 bits per heavy atom. The summed E-state index contributed by atoms with van der Waals surface area (Å²) in [6.07, 6.45) is -0.222. The molecule has 256 valence electrons. The van der Waals surface area contributed by atoms with Gasteiger partial charge in [-0.1, -0.05) is 30.3 Å². The predicted octanol–water partition coefficient (Wildman–Crippen LogP) is 5.49. The van der Waals surface area contributed by atoms with Crippen molar-refractivity contribution in [2.75, 3.05) is 22.1 Å². The molecule has 1 atom stereocenters. The average Bonchev–Trinajstić information content (AvgIpc) is 3.80. The van der Waals surface area contributed by atoms with Crippen molar-refractivity contribution in [3.05, 3.63) is 114 Å². The van der Waals surface area contributed by atoms with E-state index < -0.39 is 17.9 Å². The van der Waals surface area contributed by atoms with Crippen LogP contribution < -0.4 is 25.0 Å². The predicted molar refractivity (Wildman–Crippen MR) is 192 cm³/mol. The zero-order valence-corrected chi connectivity index (χ0v) is 28.4. The molecule has 0 aliphatic carbocycles. The van der Waals surface area contributed by atoms with Gasteiger partial charge >= 0.3 is 5.88 Å². The number of benzene rings is 4. The van der Waals surface area contributed by atoms with Gasteiger partial charge in [-0.3, -0.25) is 29.1 Å². The smallest absolute Gasteiger partial charge is 0.307 e. The number of hydrogen-bond acceptors (Lipinski definition) is 9. The van der Waals surface area contributed by atoms with Crippen LogP contribution in [0.3, 0.4) is 0 Å². The topological polar surface area (TPSA) is 147 Å². The number of oxazole rings is 1. The summed E-state index contributed by atoms with van der Waals surface area (Å²) in [4.78, 5) is 48.2. The third-order valence-electron chi connectivity index (χ3n) is 8.30. The highest BCUT2D eigenvalue weighted by molar-refractivity contribution is 7.80. The summed E-state index contributed by atoms with van der Waals surface area (Å²) in [5, 5.41) is 9.81. The van der Waals surface area contributed by atoms with Crippen LogP contribution in [-0.2, 0) is 23.2 Å². The largest absolute Gasteiger partial charge is 0.494 e. The van der Waals surface area contributed by atoms with Crippen LogP contribution >= 0.6 is 12.2 Å². The minimum absolute atomic E-state index is 0.000347. The first-order valence-electron chi connectivity index (χ1n) is 16.1. The van der Waals surface area contributed by atoms with E-state index in [0.717, 1.165) is 11.1 Å². The fourth-order valence-corrected chi connectivity index (χ4v) is 6.12. The Morgan fingerprint density at radius 1 is 0.941 bits per heavy atom. The minimum Gasteiger partial charge on any atom is -0.494 e. The quantitative estimate of drug-likeness (QED) is 0.131. The van der Waals surface area contributed by atoms with Gasteiger partial charge in [0.15, 0.2) is 17.7 Å². The molecule has 1 fully saturated rings. The van der Waals surface area contributed by atoms with Gasteiger partial charge in [-0.15, -0.1) is 0 Å². The second-order valence-electron chi connectivity index (χ2n) is 11.6. The fraction of sp³-hybridized carbons (Fsp3) is 0.162. The first-order valence-corrected chi connectivity index (χ1v) is 16.5. The summed E-state index contributed by atoms with van der Waals surface area (Å²) in [6.45, 7) is 2.37. The Kier molecular flexibility index (Phi) is 9.22. The number of amides is 3. The van der Waals surface area contributed by atoms with Crippen LogP contribution in [0.2, 0.25) is 0 Å². The maximum Gasteiger partial charge on any atom is 0.307 e. The van der Waals surface area contributed by atoms with E-state index in [1.807, 2.05) is 37.3 Å². The van der Waals surface area contributed by atoms with Gasteiger partial charge in [-0.25, -0.2) is 4.98 Å². The van der Waals surface area contributed by atoms with E-state index >= 15 is 0 Å². The fourth-order valence-electron chi connectivity index (χ4n) is 5.74. The number of anilines is 3. The van der Waals surface area contributed by atoms with Crippen LogP contribution in [0.15, 0.2) is 112 Å². The summed E-state index contributed by atoms with van der Waals surface area (Å²) in [7, 11) is 1.65. The van der Waals surface area contributed by atoms with Gasteiger partial charge in [0, 0.05) is 16.8 Å². The normalized spacial score (nSPS) is 14.3. The zero-order chi connectivity index (χ0) is 35.5. The molecule has 1 unspecified atom stereocenters. The van der Waals surface area contributed by atoms with E-state index in [2.05, 4.69) is 20.9 Å². The molecule has 0 saturated carbocycles. The Balaban J connectivity index is 1.12. The van der Waals surface area contributed by atoms with Crippen LogP contribution in [-0.4, -0.2) is 50.6 Å². The number of fused-ring (bicyclic) bond motifs is 1. The molecule has 7 rings (SSSR count). The Bertz CT molecular complexity index is 2200. The summed E-state index contributed by atoms with van der Waals surface area (Å²) in [5.41, 5.74) is 4.07. The highest BCUT2D eigenvalue weighted by Gasteiger charge is 2.46. The van der Waals surface area contributed by atoms with Crippen molar-refractivity contribution in [2.45, 2.75) is 25.9 Å². The maximum atomic E-state index is 14.1. The number of nitrogens with zero attached hydrogens (tertiary/aromatic N) is 5. The molecular formula is C37H32N7O6S+. The minimum atomic E-state index is -0.990. The lowest BCUT2D eigenvalue weighted by atomic mass is 10.1. The van der Waals surface area contributed by atoms with Crippen LogP contribution in [0.5, 0.6) is 5.75 Å². The van der Waals surface area contributed by atoms with E-state index in [9.17, 15) is 14.4 Å². The van der Waals surface area contributed by atoms with Crippen LogP contribution in [0.1, 0.15) is 29.4 Å². The number of ether oxygens (including phenoxy) is 1. The number of hydrogen-bond donors (Lipinski definition) is 2. The molecule has 4 aromatic carbocycles. The molecular weight excluding hydrogens is 671 g/mol. The first-order chi connectivity index (χ1) is 24.8. The molecule has 2 N–H and O–H groups in total. The van der Waals surface area contributed by atoms with Crippen LogP contribution in [0.25, 0.3) is 22.6 Å². The van der Waals surface area contributed by atoms with Gasteiger partial charge in [-0.05, 0) is 96.6 Å². The van der Waals surface area contributed by atoms with Crippen molar-refractivity contribution in [3.8, 4) is 17.2 Å². The van der Waals surface area contributed by atoms with Gasteiger partial charge in [0.05, 0.1) is 18.7 Å². The van der Waals surface area contributed by atoms with Crippen molar-refractivity contribution in [1.82, 2.24) is 15.2 Å². The standard InChI is InChI=1S/C37H31N7O6S/c1-3-48-27-19-17-26(18-20-27)44-36(47)29(21-32(45)38-25-15-13-24(14-16-25)34-39-28-11-7-8-12-31(28)49-34)43(37(44)51)22-30-35(50-41-42(30)2)40-33(46)23-9-5-4-6-10-23/h4-20,29H,3,21-22H2,1-2H3,(H-,38,39,40,41,45,46)/p+1. The molecule has 1 aliphatic rings. The van der Waals surface area contributed by atoms with Crippen LogP contribution in [0.4, 0.5) is 17.3 Å². The number of thiocarbonyl (C=S) groups is 1. The monoisotopic (exact) mass is 702 g/mol. The van der Waals surface area contributed by atoms with Crippen molar-refractivity contribution < 1.29 is 32.7 Å². The summed E-state index contributed by atoms with van der Waals surface area (Å²) in [6, 6.07) is 29.2. The van der Waals surface area contributed by atoms with Crippen LogP contribution in [0, 0.1) is 0 Å². The molecule has 6 aromatic rings. The van der Waals surface area contributed by atoms with E-state index in [-0.39, 0.29) is 29.9 Å². The highest BCUT2D eigenvalue weighted by atomic mass is 32.1. The third kappa shape index (κ3) is 6.89. The summed E-state index contributed by atoms with van der Waals surface area (Å²) in [5.74, 6) is -0.00306. The molecule has 51 heavy (non-hydrogen) atoms. The molecule has 14 heteroatoms. The average molecular weight is 703 g/mol. The lowest BCUT2D eigenvalue weighted by Crippen LogP contribution is -2.43. The Labute approximate surface area is 297 Å². The molecule has 13 nitrogen and oxygen atoms in total. The van der Waals surface area contributed by atoms with Gasteiger partial charge < -0.3 is 19.4 Å². The first kappa shape index (κ1) is 33.1. The molecule has 0 bridgehead atoms. The number of rotatable bonds is 11. The SMILES string of the molecule is CCOc1ccc(N2C(=O)C(CC(=O)Nc3ccc(-c4nc5ccccc5o4)cc3)N(Cc3c(NC(=O)c4ccccc4)on[n+]3C)C2=S)cc1. The third-order valence-corrected chi connectivity index (χ3v) is 8.72. The Morgan fingerprint density at radius 3 is 2.39 bits per heavy atom. The number of carbonyl (C=O) groups is 3. The number of aromatic nitrogens is 3. The molecule has 3 amide bonds. The number of nitrogens with one attached hydrogen (secondary N) is 2. The van der Waals surface area contributed by atoms with Crippen molar-refractivity contribution in [3.63, 3.8) is 0 Å². The second-order valence-corrected chi connectivity index (χ2v) is 12.0. The van der Waals surface area contributed by atoms with Gasteiger partial charge in [0.25, 0.3) is 17.5 Å². The highest BCUT2D eigenvalue weighted by Crippen LogP contribution is 2.31. The van der Waals surface area contributed by atoms with Crippen molar-refractivity contribution >= 4 is 63.4 Å². The molecule has 3 heterocycles. The number of para-hydroxylation sites is 2. The van der Waals surface area contributed by atoms with E-state index in [1.165, 1.54) is 9.58 Å². The Hall–Kier alpha value is -6.41. The van der Waals surface area contributed by atoms with Crippen molar-refractivity contribution in [1.29, 1.82) is 0 Å². The van der Waals surface area contributed by atoms with E-state index in [1.54, 1.807) is 84.7 Å². The lowest BCUT2D eigenvalue weighted by molar-refractivity contribution is -0.746. The van der Waals surface area contributed by atoms with E-state index in [4.69, 9.17) is 25.9 Å². The molecule has 1 saturated heterocycles. The van der Waals surface area contributed by atoms with Gasteiger partial charge in [0.1, 0.15) is 23.9 Å². The number of carbonyl (C=O) groups excluding carboxylic acids is 3. The molecule has 1 aliphatic heterocycles. The molecule has 0 radical (unpaired) electrons. The van der Waals surface area contributed by atoms with Gasteiger partial charge in [0.2, 0.25) is 17.1 Å². The molecule has 2 aromatic heterocycles. The van der Waals surface area contributed by atoms with E-state index in [0.29, 0.717) is 46.5 Å². The summed E-state index contributed by atoms with van der Waals surface area (Å²) >= 11 is 5.88. The van der Waals surface area contributed by atoms with Gasteiger partial charge in [-0.2, -0.15) is 0 Å². The molecule has 0 spiro atoms. The second kappa shape index (κ2) is 14.2. The van der Waals surface area contributed by atoms with Crippen molar-refractivity contribution in [2.24, 2.45) is 7.05 Å². The lowest BCUT2D eigenvalue weighted by Gasteiger charge is -2.22. The summed E-state index contributed by atoms with van der Waals surface area (Å²) < 4.78 is 18.4.